The van der Waals surface area contributed by atoms with Crippen LogP contribution in [0.4, 0.5) is 5.69 Å². The van der Waals surface area contributed by atoms with Crippen molar-refractivity contribution < 1.29 is 14.4 Å². The maximum atomic E-state index is 12.4. The summed E-state index contributed by atoms with van der Waals surface area (Å²) in [6.07, 6.45) is 2.22. The number of hydrogen-bond donors (Lipinski definition) is 2. The molecule has 0 spiro atoms. The topological polar surface area (TPSA) is 62.8 Å². The van der Waals surface area contributed by atoms with Gasteiger partial charge in [-0.1, -0.05) is 0 Å². The van der Waals surface area contributed by atoms with Crippen molar-refractivity contribution in [2.75, 3.05) is 19.5 Å². The summed E-state index contributed by atoms with van der Waals surface area (Å²) >= 11 is 1.26. The van der Waals surface area contributed by atoms with Crippen molar-refractivity contribution in [3.8, 4) is 5.75 Å². The van der Waals surface area contributed by atoms with Crippen LogP contribution in [-0.2, 0) is 9.63 Å². The van der Waals surface area contributed by atoms with E-state index in [1.54, 1.807) is 14.2 Å². The van der Waals surface area contributed by atoms with Crippen LogP contribution < -0.4 is 15.5 Å². The number of carbonyl (C=O) groups excluding carboxylic acids is 1. The van der Waals surface area contributed by atoms with Gasteiger partial charge in [-0.05, 0) is 41.7 Å². The highest BCUT2D eigenvalue weighted by Crippen LogP contribution is 2.43. The molecule has 2 N–H and O–H groups in total. The highest BCUT2D eigenvalue weighted by atomic mass is 32.2. The van der Waals surface area contributed by atoms with Crippen LogP contribution in [0.3, 0.4) is 0 Å². The van der Waals surface area contributed by atoms with Gasteiger partial charge in [0.1, 0.15) is 10.7 Å². The minimum Gasteiger partial charge on any atom is -0.497 e. The van der Waals surface area contributed by atoms with Gasteiger partial charge in [-0.15, -0.1) is 0 Å². The Morgan fingerprint density at radius 3 is 2.62 bits per heavy atom. The zero-order valence-corrected chi connectivity index (χ0v) is 12.7. The van der Waals surface area contributed by atoms with E-state index in [4.69, 9.17) is 9.57 Å². The van der Waals surface area contributed by atoms with Crippen LogP contribution in [-0.4, -0.2) is 24.7 Å². The average Bonchev–Trinajstić information content (AvgIpc) is 3.26. The Morgan fingerprint density at radius 2 is 2.05 bits per heavy atom. The minimum absolute atomic E-state index is 0.126. The number of nitrogens with one attached hydrogen (secondary N) is 2. The molecule has 1 heterocycles. The summed E-state index contributed by atoms with van der Waals surface area (Å²) in [5.74, 6) is 1.07. The van der Waals surface area contributed by atoms with Crippen LogP contribution in [0.15, 0.2) is 34.9 Å². The van der Waals surface area contributed by atoms with Gasteiger partial charge in [0.2, 0.25) is 0 Å². The molecule has 3 rings (SSSR count). The van der Waals surface area contributed by atoms with Crippen LogP contribution in [0.1, 0.15) is 12.8 Å². The molecule has 112 valence electrons. The van der Waals surface area contributed by atoms with E-state index in [0.717, 1.165) is 30.0 Å². The zero-order valence-electron chi connectivity index (χ0n) is 11.9. The highest BCUT2D eigenvalue weighted by Gasteiger charge is 2.37. The van der Waals surface area contributed by atoms with Crippen LogP contribution in [0.2, 0.25) is 0 Å². The van der Waals surface area contributed by atoms with Gasteiger partial charge in [0.25, 0.3) is 5.91 Å². The lowest BCUT2D eigenvalue weighted by Crippen LogP contribution is -2.26. The van der Waals surface area contributed by atoms with Gasteiger partial charge in [-0.3, -0.25) is 15.1 Å². The third kappa shape index (κ3) is 3.15. The summed E-state index contributed by atoms with van der Waals surface area (Å²) in [6.45, 7) is 0. The highest BCUT2D eigenvalue weighted by molar-refractivity contribution is 8.01. The molecule has 21 heavy (non-hydrogen) atoms. The SMILES string of the molecule is COc1ccc(NC(=O)C2=C(C3CC3)NN(OC)S2)cc1. The number of methoxy groups -OCH3 is 1. The molecule has 1 aromatic carbocycles. The van der Waals surface area contributed by atoms with Crippen LogP contribution >= 0.6 is 11.9 Å². The first-order chi connectivity index (χ1) is 10.2. The fourth-order valence-electron chi connectivity index (χ4n) is 2.06. The van der Waals surface area contributed by atoms with E-state index in [9.17, 15) is 4.79 Å². The Hall–Kier alpha value is -1.70. The lowest BCUT2D eigenvalue weighted by molar-refractivity contribution is -0.112. The van der Waals surface area contributed by atoms with Gasteiger partial charge >= 0.3 is 0 Å². The molecule has 0 atom stereocenters. The third-order valence-electron chi connectivity index (χ3n) is 3.34. The molecule has 1 aromatic rings. The maximum Gasteiger partial charge on any atom is 0.265 e. The van der Waals surface area contributed by atoms with E-state index in [2.05, 4.69) is 10.7 Å². The summed E-state index contributed by atoms with van der Waals surface area (Å²) in [7, 11) is 3.18. The number of rotatable bonds is 5. The molecule has 1 amide bonds. The molecule has 7 heteroatoms. The average molecular weight is 307 g/mol. The van der Waals surface area contributed by atoms with Gasteiger partial charge in [-0.25, -0.2) is 0 Å². The molecule has 1 saturated carbocycles. The van der Waals surface area contributed by atoms with Crippen molar-refractivity contribution in [3.05, 3.63) is 34.9 Å². The van der Waals surface area contributed by atoms with E-state index in [0.29, 0.717) is 10.8 Å². The number of ether oxygens (including phenoxy) is 1. The first-order valence-corrected chi connectivity index (χ1v) is 7.47. The number of benzene rings is 1. The summed E-state index contributed by atoms with van der Waals surface area (Å²) in [5, 5.41) is 2.90. The molecule has 2 aliphatic rings. The standard InChI is InChI=1S/C14H17N3O3S/c1-19-11-7-5-10(6-8-11)15-14(18)13-12(9-3-4-9)16-17(20-2)21-13/h5-9,16H,3-4H2,1-2H3,(H,15,18). The normalized spacial score (nSPS) is 18.6. The number of hydrazine groups is 1. The number of anilines is 1. The molecule has 0 bridgehead atoms. The zero-order chi connectivity index (χ0) is 14.8. The van der Waals surface area contributed by atoms with Crippen molar-refractivity contribution in [2.24, 2.45) is 5.92 Å². The number of carbonyl (C=O) groups is 1. The second-order valence-electron chi connectivity index (χ2n) is 4.84. The maximum absolute atomic E-state index is 12.4. The number of allylic oxidation sites excluding steroid dienone is 1. The molecular formula is C14H17N3O3S. The molecule has 1 aliphatic heterocycles. The molecular weight excluding hydrogens is 290 g/mol. The van der Waals surface area contributed by atoms with Crippen molar-refractivity contribution >= 4 is 23.5 Å². The Kier molecular flexibility index (Phi) is 4.05. The quantitative estimate of drug-likeness (QED) is 0.814. The Morgan fingerprint density at radius 1 is 1.33 bits per heavy atom. The van der Waals surface area contributed by atoms with Gasteiger partial charge in [0.05, 0.1) is 19.9 Å². The van der Waals surface area contributed by atoms with E-state index in [1.807, 2.05) is 24.3 Å². The van der Waals surface area contributed by atoms with E-state index >= 15 is 0 Å². The lowest BCUT2D eigenvalue weighted by Gasteiger charge is -2.11. The van der Waals surface area contributed by atoms with E-state index < -0.39 is 0 Å². The predicted molar refractivity (Wildman–Crippen MR) is 80.9 cm³/mol. The van der Waals surface area contributed by atoms with Crippen LogP contribution in [0, 0.1) is 5.92 Å². The van der Waals surface area contributed by atoms with Crippen LogP contribution in [0.25, 0.3) is 0 Å². The largest absolute Gasteiger partial charge is 0.497 e. The summed E-state index contributed by atoms with van der Waals surface area (Å²) < 4.78 is 6.60. The van der Waals surface area contributed by atoms with Crippen molar-refractivity contribution in [1.29, 1.82) is 0 Å². The smallest absolute Gasteiger partial charge is 0.265 e. The summed E-state index contributed by atoms with van der Waals surface area (Å²) in [5.41, 5.74) is 4.80. The first kappa shape index (κ1) is 14.2. The number of hydrogen-bond acceptors (Lipinski definition) is 6. The molecule has 0 radical (unpaired) electrons. The van der Waals surface area contributed by atoms with Crippen molar-refractivity contribution in [3.63, 3.8) is 0 Å². The Balaban J connectivity index is 1.72. The Labute approximate surface area is 127 Å². The molecule has 6 nitrogen and oxygen atoms in total. The van der Waals surface area contributed by atoms with Crippen molar-refractivity contribution in [1.82, 2.24) is 10.0 Å². The number of nitrogens with zero attached hydrogens (tertiary/aromatic N) is 1. The molecule has 0 unspecified atom stereocenters. The molecule has 0 saturated heterocycles. The fraction of sp³-hybridized carbons (Fsp3) is 0.357. The number of amides is 1. The first-order valence-electron chi connectivity index (χ1n) is 6.69. The van der Waals surface area contributed by atoms with Crippen LogP contribution in [0.5, 0.6) is 5.75 Å². The van der Waals surface area contributed by atoms with Gasteiger partial charge < -0.3 is 10.1 Å². The van der Waals surface area contributed by atoms with Crippen molar-refractivity contribution in [2.45, 2.75) is 12.8 Å². The predicted octanol–water partition coefficient (Wildman–Crippen LogP) is 2.29. The van der Waals surface area contributed by atoms with E-state index in [1.165, 1.54) is 16.5 Å². The second-order valence-corrected chi connectivity index (χ2v) is 5.76. The summed E-state index contributed by atoms with van der Waals surface area (Å²) in [4.78, 5) is 18.2. The Bertz CT molecular complexity index is 569. The van der Waals surface area contributed by atoms with Gasteiger partial charge in [-0.2, -0.15) is 0 Å². The lowest BCUT2D eigenvalue weighted by atomic mass is 10.2. The molecule has 1 aliphatic carbocycles. The molecule has 1 fully saturated rings. The molecule has 0 aromatic heterocycles. The third-order valence-corrected chi connectivity index (χ3v) is 4.33. The second kappa shape index (κ2) is 5.97. The van der Waals surface area contributed by atoms with Gasteiger partial charge in [0.15, 0.2) is 0 Å². The van der Waals surface area contributed by atoms with Gasteiger partial charge in [0, 0.05) is 23.6 Å². The van der Waals surface area contributed by atoms with E-state index in [-0.39, 0.29) is 5.91 Å². The summed E-state index contributed by atoms with van der Waals surface area (Å²) in [6, 6.07) is 7.26. The fourth-order valence-corrected chi connectivity index (χ4v) is 2.89. The minimum atomic E-state index is -0.126. The monoisotopic (exact) mass is 307 g/mol.